The minimum Gasteiger partial charge on any atom is -0.340 e. The highest BCUT2D eigenvalue weighted by Gasteiger charge is 2.20. The van der Waals surface area contributed by atoms with Crippen molar-refractivity contribution >= 4 is 28.7 Å². The van der Waals surface area contributed by atoms with Crippen LogP contribution >= 0.6 is 11.6 Å². The molecule has 0 saturated heterocycles. The molecule has 2 aromatic rings. The predicted molar refractivity (Wildman–Crippen MR) is 95.9 cm³/mol. The molecule has 0 heterocycles. The largest absolute Gasteiger partial charge is 0.340 e. The number of benzene rings is 2. The molecule has 0 aliphatic rings. The second-order valence-electron chi connectivity index (χ2n) is 5.29. The van der Waals surface area contributed by atoms with Gasteiger partial charge >= 0.3 is 0 Å². The summed E-state index contributed by atoms with van der Waals surface area (Å²) in [6, 6.07) is 9.91. The third-order valence-corrected chi connectivity index (χ3v) is 3.94. The smallest absolute Gasteiger partial charge is 0.270 e. The second kappa shape index (κ2) is 7.77. The SMILES string of the molecule is C=C(c1cc([N+](=O)[O-])ccc1Cl)N(CCC)c1ccc(F)cc1C#N. The molecule has 0 N–H and O–H groups in total. The van der Waals surface area contributed by atoms with E-state index >= 15 is 0 Å². The van der Waals surface area contributed by atoms with Crippen LogP contribution < -0.4 is 4.90 Å². The van der Waals surface area contributed by atoms with Gasteiger partial charge in [0.15, 0.2) is 0 Å². The zero-order valence-electron chi connectivity index (χ0n) is 13.5. The van der Waals surface area contributed by atoms with Crippen molar-refractivity contribution in [2.45, 2.75) is 13.3 Å². The lowest BCUT2D eigenvalue weighted by atomic mass is 10.1. The number of anilines is 1. The number of nitriles is 1. The molecule has 128 valence electrons. The highest BCUT2D eigenvalue weighted by molar-refractivity contribution is 6.32. The van der Waals surface area contributed by atoms with Crippen LogP contribution in [0.5, 0.6) is 0 Å². The first-order valence-electron chi connectivity index (χ1n) is 7.49. The van der Waals surface area contributed by atoms with Gasteiger partial charge in [-0.1, -0.05) is 25.1 Å². The van der Waals surface area contributed by atoms with E-state index in [1.165, 1.54) is 30.3 Å². The third kappa shape index (κ3) is 3.95. The van der Waals surface area contributed by atoms with Crippen LogP contribution in [0, 0.1) is 27.3 Å². The van der Waals surface area contributed by atoms with Crippen molar-refractivity contribution in [2.75, 3.05) is 11.4 Å². The molecule has 0 aliphatic carbocycles. The number of non-ortho nitro benzene ring substituents is 1. The molecule has 5 nitrogen and oxygen atoms in total. The van der Waals surface area contributed by atoms with Gasteiger partial charge < -0.3 is 4.90 Å². The topological polar surface area (TPSA) is 70.2 Å². The van der Waals surface area contributed by atoms with Gasteiger partial charge in [-0.3, -0.25) is 10.1 Å². The Morgan fingerprint density at radius 3 is 2.72 bits per heavy atom. The zero-order chi connectivity index (χ0) is 18.6. The first-order chi connectivity index (χ1) is 11.9. The van der Waals surface area contributed by atoms with Gasteiger partial charge in [0.25, 0.3) is 5.69 Å². The fourth-order valence-corrected chi connectivity index (χ4v) is 2.68. The standard InChI is InChI=1S/C18H15ClFN3O2/c1-3-8-22(18-7-4-14(20)9-13(18)11-21)12(2)16-10-15(23(24)25)5-6-17(16)19/h4-7,9-10H,2-3,8H2,1H3. The molecule has 0 spiro atoms. The van der Waals surface area contributed by atoms with Crippen LogP contribution in [0.4, 0.5) is 15.8 Å². The summed E-state index contributed by atoms with van der Waals surface area (Å²) in [5, 5.41) is 20.6. The van der Waals surface area contributed by atoms with E-state index in [-0.39, 0.29) is 11.3 Å². The van der Waals surface area contributed by atoms with Crippen LogP contribution in [0.1, 0.15) is 24.5 Å². The first kappa shape index (κ1) is 18.4. The average molecular weight is 360 g/mol. The number of hydrogen-bond acceptors (Lipinski definition) is 4. The van der Waals surface area contributed by atoms with Gasteiger partial charge in [-0.2, -0.15) is 5.26 Å². The molecule has 7 heteroatoms. The van der Waals surface area contributed by atoms with Gasteiger partial charge in [0.05, 0.1) is 21.2 Å². The van der Waals surface area contributed by atoms with Crippen LogP contribution in [0.2, 0.25) is 5.02 Å². The lowest BCUT2D eigenvalue weighted by molar-refractivity contribution is -0.384. The highest BCUT2D eigenvalue weighted by Crippen LogP contribution is 2.33. The van der Waals surface area contributed by atoms with Crippen molar-refractivity contribution in [2.24, 2.45) is 0 Å². The van der Waals surface area contributed by atoms with Crippen molar-refractivity contribution in [1.29, 1.82) is 5.26 Å². The summed E-state index contributed by atoms with van der Waals surface area (Å²) in [6.07, 6.45) is 0.716. The molecule has 0 unspecified atom stereocenters. The first-order valence-corrected chi connectivity index (χ1v) is 7.87. The summed E-state index contributed by atoms with van der Waals surface area (Å²) in [5.74, 6) is -0.518. The summed E-state index contributed by atoms with van der Waals surface area (Å²) in [7, 11) is 0. The van der Waals surface area contributed by atoms with Crippen LogP contribution in [0.3, 0.4) is 0 Å². The van der Waals surface area contributed by atoms with Crippen LogP contribution in [0.25, 0.3) is 5.70 Å². The van der Waals surface area contributed by atoms with Crippen LogP contribution in [-0.2, 0) is 0 Å². The predicted octanol–water partition coefficient (Wildman–Crippen LogP) is 5.15. The quantitative estimate of drug-likeness (QED) is 0.528. The number of hydrogen-bond donors (Lipinski definition) is 0. The van der Waals surface area contributed by atoms with Gasteiger partial charge in [0.2, 0.25) is 0 Å². The van der Waals surface area contributed by atoms with Crippen LogP contribution in [0.15, 0.2) is 43.0 Å². The molecular weight excluding hydrogens is 345 g/mol. The van der Waals surface area contributed by atoms with E-state index in [0.717, 1.165) is 6.07 Å². The van der Waals surface area contributed by atoms with Crippen molar-refractivity contribution in [3.05, 3.63) is 75.1 Å². The van der Waals surface area contributed by atoms with Gasteiger partial charge in [0.1, 0.15) is 11.9 Å². The number of nitro benzene ring substituents is 1. The van der Waals surface area contributed by atoms with Gasteiger partial charge in [-0.05, 0) is 30.7 Å². The fourth-order valence-electron chi connectivity index (χ4n) is 2.45. The molecule has 0 bridgehead atoms. The summed E-state index contributed by atoms with van der Waals surface area (Å²) >= 11 is 6.19. The van der Waals surface area contributed by atoms with Crippen molar-refractivity contribution in [1.82, 2.24) is 0 Å². The molecule has 0 radical (unpaired) electrons. The van der Waals surface area contributed by atoms with E-state index in [1.54, 1.807) is 4.90 Å². The summed E-state index contributed by atoms with van der Waals surface area (Å²) in [4.78, 5) is 12.2. The Bertz CT molecular complexity index is 877. The van der Waals surface area contributed by atoms with Gasteiger partial charge in [-0.25, -0.2) is 4.39 Å². The molecular formula is C18H15ClFN3O2. The Morgan fingerprint density at radius 1 is 1.40 bits per heavy atom. The molecule has 2 rings (SSSR count). The molecule has 0 saturated carbocycles. The zero-order valence-corrected chi connectivity index (χ0v) is 14.3. The molecule has 0 fully saturated rings. The lowest BCUT2D eigenvalue weighted by Crippen LogP contribution is -2.23. The number of rotatable bonds is 6. The molecule has 25 heavy (non-hydrogen) atoms. The van der Waals surface area contributed by atoms with E-state index in [2.05, 4.69) is 6.58 Å². The molecule has 2 aromatic carbocycles. The fraction of sp³-hybridized carbons (Fsp3) is 0.167. The number of nitro groups is 1. The van der Waals surface area contributed by atoms with Crippen molar-refractivity contribution in [3.8, 4) is 6.07 Å². The molecule has 0 amide bonds. The third-order valence-electron chi connectivity index (χ3n) is 3.61. The van der Waals surface area contributed by atoms with Gasteiger partial charge in [-0.15, -0.1) is 0 Å². The van der Waals surface area contributed by atoms with E-state index in [9.17, 15) is 19.8 Å². The Morgan fingerprint density at radius 2 is 2.12 bits per heavy atom. The van der Waals surface area contributed by atoms with E-state index < -0.39 is 10.7 Å². The molecule has 0 aliphatic heterocycles. The Labute approximate surface area is 149 Å². The van der Waals surface area contributed by atoms with E-state index in [0.29, 0.717) is 34.9 Å². The van der Waals surface area contributed by atoms with Gasteiger partial charge in [0, 0.05) is 29.9 Å². The minimum absolute atomic E-state index is 0.114. The Kier molecular flexibility index (Phi) is 5.73. The average Bonchev–Trinajstić information content (AvgIpc) is 2.59. The Balaban J connectivity index is 2.55. The maximum Gasteiger partial charge on any atom is 0.270 e. The van der Waals surface area contributed by atoms with E-state index in [4.69, 9.17) is 11.6 Å². The van der Waals surface area contributed by atoms with E-state index in [1.807, 2.05) is 13.0 Å². The number of halogens is 2. The maximum atomic E-state index is 13.4. The normalized spacial score (nSPS) is 10.2. The summed E-state index contributed by atoms with van der Waals surface area (Å²) < 4.78 is 13.4. The van der Waals surface area contributed by atoms with Crippen molar-refractivity contribution < 1.29 is 9.31 Å². The van der Waals surface area contributed by atoms with Crippen molar-refractivity contribution in [3.63, 3.8) is 0 Å². The monoisotopic (exact) mass is 359 g/mol. The maximum absolute atomic E-state index is 13.4. The number of nitrogens with zero attached hydrogens (tertiary/aromatic N) is 3. The van der Waals surface area contributed by atoms with Crippen LogP contribution in [-0.4, -0.2) is 11.5 Å². The highest BCUT2D eigenvalue weighted by atomic mass is 35.5. The minimum atomic E-state index is -0.518. The Hall–Kier alpha value is -2.91. The second-order valence-corrected chi connectivity index (χ2v) is 5.70. The molecule has 0 atom stereocenters. The summed E-state index contributed by atoms with van der Waals surface area (Å²) in [6.45, 7) is 6.41. The summed E-state index contributed by atoms with van der Waals surface area (Å²) in [5.41, 5.74) is 1.29. The lowest BCUT2D eigenvalue weighted by Gasteiger charge is -2.28. The molecule has 0 aromatic heterocycles.